The molecule has 1 unspecified atom stereocenters. The number of rotatable bonds is 9. The lowest BCUT2D eigenvalue weighted by Gasteiger charge is -2.35. The van der Waals surface area contributed by atoms with Crippen molar-refractivity contribution in [3.8, 4) is 0 Å². The van der Waals surface area contributed by atoms with Gasteiger partial charge in [0.15, 0.2) is 12.2 Å². The van der Waals surface area contributed by atoms with E-state index in [-0.39, 0.29) is 13.2 Å². The normalized spacial score (nSPS) is 14.1. The molecule has 0 saturated carbocycles. The second-order valence-corrected chi connectivity index (χ2v) is 6.52. The van der Waals surface area contributed by atoms with Crippen LogP contribution >= 0.6 is 0 Å². The Bertz CT molecular complexity index is 1030. The zero-order valence-corrected chi connectivity index (χ0v) is 16.1. The largest absolute Gasteiger partial charge is 0.377 e. The Morgan fingerprint density at radius 1 is 1.19 bits per heavy atom. The quantitative estimate of drug-likeness (QED) is 0.315. The molecule has 0 fully saturated rings. The molecule has 0 aliphatic rings. The monoisotopic (exact) mass is 436 g/mol. The highest BCUT2D eigenvalue weighted by Gasteiger charge is 2.57. The molecule has 7 nitrogen and oxygen atoms in total. The van der Waals surface area contributed by atoms with Crippen molar-refractivity contribution in [1.82, 2.24) is 25.2 Å². The SMILES string of the molecule is [CH2+]COC/C=C/c1ccc(C(F)(F)C(O)(Cn2cnnn2)c2ccc(F)cc2F)nc1. The van der Waals surface area contributed by atoms with Gasteiger partial charge in [0.1, 0.15) is 23.7 Å². The Morgan fingerprint density at radius 3 is 2.61 bits per heavy atom. The maximum Gasteiger partial charge on any atom is 0.323 e. The van der Waals surface area contributed by atoms with Crippen LogP contribution < -0.4 is 0 Å². The van der Waals surface area contributed by atoms with Crippen LogP contribution in [0.5, 0.6) is 0 Å². The van der Waals surface area contributed by atoms with Gasteiger partial charge < -0.3 is 9.84 Å². The molecule has 0 aliphatic carbocycles. The van der Waals surface area contributed by atoms with Gasteiger partial charge in [-0.3, -0.25) is 4.98 Å². The van der Waals surface area contributed by atoms with Crippen molar-refractivity contribution >= 4 is 6.08 Å². The van der Waals surface area contributed by atoms with Crippen molar-refractivity contribution < 1.29 is 27.4 Å². The zero-order valence-electron chi connectivity index (χ0n) is 16.1. The summed E-state index contributed by atoms with van der Waals surface area (Å²) in [6, 6.07) is 4.30. The number of nitrogens with zero attached hydrogens (tertiary/aromatic N) is 5. The highest BCUT2D eigenvalue weighted by Crippen LogP contribution is 2.46. The van der Waals surface area contributed by atoms with Gasteiger partial charge in [0.05, 0.1) is 20.1 Å². The van der Waals surface area contributed by atoms with Crippen LogP contribution in [0, 0.1) is 18.6 Å². The molecule has 0 saturated heterocycles. The lowest BCUT2D eigenvalue weighted by atomic mass is 9.84. The van der Waals surface area contributed by atoms with Crippen LogP contribution in [-0.2, 0) is 22.8 Å². The number of ether oxygens (including phenoxy) is 1. The number of hydrogen-bond donors (Lipinski definition) is 1. The molecule has 3 rings (SSSR count). The van der Waals surface area contributed by atoms with E-state index in [0.717, 1.165) is 29.2 Å². The zero-order chi connectivity index (χ0) is 22.5. The Balaban J connectivity index is 2.00. The highest BCUT2D eigenvalue weighted by atomic mass is 19.3. The summed E-state index contributed by atoms with van der Waals surface area (Å²) in [5.74, 6) is -6.43. The summed E-state index contributed by atoms with van der Waals surface area (Å²) >= 11 is 0. The smallest absolute Gasteiger partial charge is 0.323 e. The van der Waals surface area contributed by atoms with Gasteiger partial charge in [0, 0.05) is 17.8 Å². The van der Waals surface area contributed by atoms with Crippen LogP contribution in [-0.4, -0.2) is 43.5 Å². The van der Waals surface area contributed by atoms with Gasteiger partial charge in [-0.25, -0.2) is 13.5 Å². The summed E-state index contributed by atoms with van der Waals surface area (Å²) in [4.78, 5) is 3.75. The molecular formula is C20H18F4N5O2+. The molecule has 1 aromatic carbocycles. The molecule has 2 aromatic heterocycles. The number of alkyl halides is 2. The minimum atomic E-state index is -4.10. The summed E-state index contributed by atoms with van der Waals surface area (Å²) < 4.78 is 64.8. The predicted molar refractivity (Wildman–Crippen MR) is 101 cm³/mol. The van der Waals surface area contributed by atoms with Crippen LogP contribution in [0.2, 0.25) is 0 Å². The fourth-order valence-electron chi connectivity index (χ4n) is 2.90. The van der Waals surface area contributed by atoms with Gasteiger partial charge >= 0.3 is 5.92 Å². The van der Waals surface area contributed by atoms with Crippen LogP contribution in [0.4, 0.5) is 17.6 Å². The number of aliphatic hydroxyl groups is 1. The van der Waals surface area contributed by atoms with Crippen molar-refractivity contribution in [2.75, 3.05) is 13.2 Å². The van der Waals surface area contributed by atoms with Gasteiger partial charge in [0.2, 0.25) is 0 Å². The van der Waals surface area contributed by atoms with Crippen molar-refractivity contribution in [1.29, 1.82) is 0 Å². The Morgan fingerprint density at radius 2 is 2.00 bits per heavy atom. The molecule has 3 aromatic rings. The Kier molecular flexibility index (Phi) is 6.66. The number of benzene rings is 1. The van der Waals surface area contributed by atoms with E-state index in [1.807, 2.05) is 0 Å². The van der Waals surface area contributed by atoms with Crippen molar-refractivity contribution in [3.63, 3.8) is 0 Å². The molecule has 162 valence electrons. The second kappa shape index (κ2) is 9.23. The van der Waals surface area contributed by atoms with Crippen LogP contribution in [0.25, 0.3) is 6.08 Å². The summed E-state index contributed by atoms with van der Waals surface area (Å²) in [7, 11) is 0. The van der Waals surface area contributed by atoms with Gasteiger partial charge in [-0.2, -0.15) is 8.78 Å². The van der Waals surface area contributed by atoms with E-state index in [2.05, 4.69) is 27.4 Å². The summed E-state index contributed by atoms with van der Waals surface area (Å²) in [6.07, 6.45) is 5.42. The minimum absolute atomic E-state index is 0.285. The summed E-state index contributed by atoms with van der Waals surface area (Å²) in [6.45, 7) is 3.18. The first-order valence-electron chi connectivity index (χ1n) is 9.04. The minimum Gasteiger partial charge on any atom is -0.377 e. The van der Waals surface area contributed by atoms with E-state index in [1.54, 1.807) is 12.2 Å². The van der Waals surface area contributed by atoms with Gasteiger partial charge in [-0.15, -0.1) is 5.10 Å². The molecule has 0 aliphatic heterocycles. The Hall–Kier alpha value is -3.31. The molecule has 0 bridgehead atoms. The maximum absolute atomic E-state index is 15.5. The van der Waals surface area contributed by atoms with Gasteiger partial charge in [-0.05, 0) is 34.2 Å². The lowest BCUT2D eigenvalue weighted by molar-refractivity contribution is -0.207. The highest BCUT2D eigenvalue weighted by molar-refractivity contribution is 5.48. The van der Waals surface area contributed by atoms with E-state index in [9.17, 15) is 13.9 Å². The molecule has 11 heteroatoms. The van der Waals surface area contributed by atoms with E-state index in [4.69, 9.17) is 4.74 Å². The third-order valence-electron chi connectivity index (χ3n) is 4.46. The van der Waals surface area contributed by atoms with Crippen molar-refractivity contribution in [3.05, 3.63) is 84.3 Å². The molecule has 0 radical (unpaired) electrons. The molecule has 1 atom stereocenters. The second-order valence-electron chi connectivity index (χ2n) is 6.52. The number of halogens is 4. The first-order chi connectivity index (χ1) is 14.8. The molecular weight excluding hydrogens is 418 g/mol. The van der Waals surface area contributed by atoms with Gasteiger partial charge in [0.25, 0.3) is 0 Å². The van der Waals surface area contributed by atoms with Crippen LogP contribution in [0.1, 0.15) is 16.8 Å². The first-order valence-corrected chi connectivity index (χ1v) is 9.04. The average Bonchev–Trinajstić information content (AvgIpc) is 3.24. The standard InChI is InChI=1S/C20H18F4N5O2/c1-2-31-9-3-4-14-5-8-18(25-11-14)20(23,24)19(30,12-29-13-26-27-28-29)16-7-6-15(21)10-17(16)22/h3-8,10-11,13,30H,1-2,9,12H2/q+1/b4-3+. The maximum atomic E-state index is 15.5. The summed E-state index contributed by atoms with van der Waals surface area (Å²) in [5, 5.41) is 21.2. The molecule has 0 amide bonds. The van der Waals surface area contributed by atoms with Crippen LogP contribution in [0.15, 0.2) is 48.9 Å². The number of pyridine rings is 1. The third kappa shape index (κ3) is 4.72. The fraction of sp³-hybridized carbons (Fsp3) is 0.250. The first kappa shape index (κ1) is 22.4. The van der Waals surface area contributed by atoms with Crippen molar-refractivity contribution in [2.45, 2.75) is 18.1 Å². The molecule has 0 spiro atoms. The molecule has 31 heavy (non-hydrogen) atoms. The predicted octanol–water partition coefficient (Wildman–Crippen LogP) is 2.89. The summed E-state index contributed by atoms with van der Waals surface area (Å²) in [5.41, 5.74) is -4.32. The lowest BCUT2D eigenvalue weighted by Crippen LogP contribution is -2.48. The molecule has 1 N–H and O–H groups in total. The Labute approximate surface area is 175 Å². The van der Waals surface area contributed by atoms with E-state index in [0.29, 0.717) is 11.6 Å². The number of hydrogen-bond acceptors (Lipinski definition) is 6. The number of tetrazole rings is 1. The fourth-order valence-corrected chi connectivity index (χ4v) is 2.90. The van der Waals surface area contributed by atoms with Crippen molar-refractivity contribution in [2.24, 2.45) is 0 Å². The van der Waals surface area contributed by atoms with E-state index in [1.165, 1.54) is 12.3 Å². The molecule has 2 heterocycles. The third-order valence-corrected chi connectivity index (χ3v) is 4.46. The van der Waals surface area contributed by atoms with E-state index < -0.39 is 41.0 Å². The van der Waals surface area contributed by atoms with E-state index >= 15 is 8.78 Å². The topological polar surface area (TPSA) is 86.0 Å². The average molecular weight is 436 g/mol. The van der Waals surface area contributed by atoms with Crippen LogP contribution in [0.3, 0.4) is 0 Å². The van der Waals surface area contributed by atoms with Gasteiger partial charge in [-0.1, -0.05) is 18.2 Å². The number of aromatic nitrogens is 5.